The molecule has 20 heavy (non-hydrogen) atoms. The van der Waals surface area contributed by atoms with Crippen molar-refractivity contribution in [2.45, 2.75) is 38.9 Å². The minimum atomic E-state index is -4.42. The van der Waals surface area contributed by atoms with E-state index in [9.17, 15) is 23.3 Å². The first-order valence-electron chi connectivity index (χ1n) is 6.18. The topological polar surface area (TPSA) is 55.5 Å². The van der Waals surface area contributed by atoms with E-state index in [-0.39, 0.29) is 18.7 Å². The molecule has 0 atom stereocenters. The molecule has 0 fully saturated rings. The summed E-state index contributed by atoms with van der Waals surface area (Å²) in [6, 6.07) is 5.33. The van der Waals surface area contributed by atoms with Gasteiger partial charge in [0.25, 0.3) is 5.69 Å². The Morgan fingerprint density at radius 2 is 1.90 bits per heavy atom. The molecule has 0 N–H and O–H groups in total. The first-order valence-corrected chi connectivity index (χ1v) is 6.18. The molecule has 1 rings (SSSR count). The van der Waals surface area contributed by atoms with Crippen molar-refractivity contribution in [2.75, 3.05) is 0 Å². The molecule has 0 unspecified atom stereocenters. The van der Waals surface area contributed by atoms with Gasteiger partial charge in [-0.2, -0.15) is 13.2 Å². The monoisotopic (exact) mass is 288 g/mol. The van der Waals surface area contributed by atoms with Gasteiger partial charge in [-0.3, -0.25) is 15.1 Å². The number of nitrogens with zero attached hydrogens (tertiary/aromatic N) is 2. The van der Waals surface area contributed by atoms with Gasteiger partial charge in [0.2, 0.25) is 0 Å². The van der Waals surface area contributed by atoms with Crippen molar-refractivity contribution in [2.24, 2.45) is 4.99 Å². The summed E-state index contributed by atoms with van der Waals surface area (Å²) in [5.41, 5.74) is -0.369. The van der Waals surface area contributed by atoms with Crippen LogP contribution in [0.15, 0.2) is 29.3 Å². The van der Waals surface area contributed by atoms with Gasteiger partial charge < -0.3 is 0 Å². The molecule has 1 aromatic carbocycles. The Kier molecular flexibility index (Phi) is 5.66. The third kappa shape index (κ3) is 4.99. The van der Waals surface area contributed by atoms with E-state index in [1.165, 1.54) is 24.3 Å². The van der Waals surface area contributed by atoms with Gasteiger partial charge in [-0.25, -0.2) is 0 Å². The highest BCUT2D eigenvalue weighted by atomic mass is 19.4. The quantitative estimate of drug-likeness (QED) is 0.445. The van der Waals surface area contributed by atoms with Gasteiger partial charge in [-0.05, 0) is 18.4 Å². The number of aliphatic imine (C=N–C) groups is 1. The van der Waals surface area contributed by atoms with Crippen molar-refractivity contribution in [1.29, 1.82) is 0 Å². The van der Waals surface area contributed by atoms with E-state index in [0.717, 1.165) is 0 Å². The fourth-order valence-electron chi connectivity index (χ4n) is 1.56. The van der Waals surface area contributed by atoms with Crippen molar-refractivity contribution in [3.8, 4) is 0 Å². The fourth-order valence-corrected chi connectivity index (χ4v) is 1.56. The predicted molar refractivity (Wildman–Crippen MR) is 69.8 cm³/mol. The molecule has 0 aromatic heterocycles. The van der Waals surface area contributed by atoms with Crippen LogP contribution in [0.4, 0.5) is 18.9 Å². The van der Waals surface area contributed by atoms with Gasteiger partial charge in [-0.15, -0.1) is 0 Å². The smallest absolute Gasteiger partial charge is 0.280 e. The maximum Gasteiger partial charge on any atom is 0.429 e. The van der Waals surface area contributed by atoms with Crippen LogP contribution in [-0.4, -0.2) is 16.8 Å². The zero-order chi connectivity index (χ0) is 15.2. The molecular weight excluding hydrogens is 273 g/mol. The summed E-state index contributed by atoms with van der Waals surface area (Å²) in [6.45, 7) is 1.68. The molecule has 0 bridgehead atoms. The highest BCUT2D eigenvalue weighted by Crippen LogP contribution is 2.22. The Hall–Kier alpha value is -1.92. The second-order valence-corrected chi connectivity index (χ2v) is 4.29. The summed E-state index contributed by atoms with van der Waals surface area (Å²) in [4.78, 5) is 13.5. The lowest BCUT2D eigenvalue weighted by molar-refractivity contribution is -0.384. The average molecular weight is 288 g/mol. The SMILES string of the molecule is CCCCC(=NCc1ccc([N+](=O)[O-])cc1)C(F)(F)F. The van der Waals surface area contributed by atoms with Crippen LogP contribution in [0.2, 0.25) is 0 Å². The Labute approximate surface area is 114 Å². The molecular formula is C13H15F3N2O2. The first kappa shape index (κ1) is 16.1. The fraction of sp³-hybridized carbons (Fsp3) is 0.462. The molecule has 0 saturated heterocycles. The van der Waals surface area contributed by atoms with Crippen LogP contribution >= 0.6 is 0 Å². The van der Waals surface area contributed by atoms with Gasteiger partial charge in [-0.1, -0.05) is 25.5 Å². The molecule has 0 spiro atoms. The predicted octanol–water partition coefficient (Wildman–Crippen LogP) is 4.29. The zero-order valence-corrected chi connectivity index (χ0v) is 11.0. The first-order chi connectivity index (χ1) is 9.34. The second-order valence-electron chi connectivity index (χ2n) is 4.29. The van der Waals surface area contributed by atoms with E-state index < -0.39 is 16.8 Å². The second kappa shape index (κ2) is 7.02. The summed E-state index contributed by atoms with van der Waals surface area (Å²) in [5, 5.41) is 10.5. The third-order valence-electron chi connectivity index (χ3n) is 2.69. The number of nitro benzene ring substituents is 1. The standard InChI is InChI=1S/C13H15F3N2O2/c1-2-3-4-12(13(14,15)16)17-9-10-5-7-11(8-6-10)18(19)20/h5-8H,2-4,9H2,1H3. The molecule has 7 heteroatoms. The van der Waals surface area contributed by atoms with E-state index in [4.69, 9.17) is 0 Å². The molecule has 0 heterocycles. The molecule has 0 saturated carbocycles. The third-order valence-corrected chi connectivity index (χ3v) is 2.69. The number of halogens is 3. The summed E-state index contributed by atoms with van der Waals surface area (Å²) >= 11 is 0. The average Bonchev–Trinajstić information content (AvgIpc) is 2.37. The van der Waals surface area contributed by atoms with Gasteiger partial charge >= 0.3 is 6.18 Å². The van der Waals surface area contributed by atoms with Gasteiger partial charge in [0.15, 0.2) is 0 Å². The van der Waals surface area contributed by atoms with Crippen LogP contribution in [0, 0.1) is 10.1 Å². The minimum absolute atomic E-state index is 0.0974. The number of alkyl halides is 3. The van der Waals surface area contributed by atoms with Crippen LogP contribution in [0.1, 0.15) is 31.7 Å². The molecule has 0 aliphatic heterocycles. The number of nitro groups is 1. The van der Waals surface area contributed by atoms with E-state index in [1.54, 1.807) is 0 Å². The maximum absolute atomic E-state index is 12.7. The van der Waals surface area contributed by atoms with E-state index >= 15 is 0 Å². The lowest BCUT2D eigenvalue weighted by Gasteiger charge is -2.10. The lowest BCUT2D eigenvalue weighted by Crippen LogP contribution is -2.23. The van der Waals surface area contributed by atoms with Crippen LogP contribution in [0.5, 0.6) is 0 Å². The normalized spacial score (nSPS) is 12.5. The summed E-state index contributed by atoms with van der Waals surface area (Å²) in [5.74, 6) is 0. The number of rotatable bonds is 6. The van der Waals surface area contributed by atoms with E-state index in [1.807, 2.05) is 6.92 Å². The highest BCUT2D eigenvalue weighted by molar-refractivity contribution is 5.89. The number of unbranched alkanes of at least 4 members (excludes halogenated alkanes) is 1. The van der Waals surface area contributed by atoms with E-state index in [0.29, 0.717) is 18.4 Å². The van der Waals surface area contributed by atoms with Crippen molar-refractivity contribution >= 4 is 11.4 Å². The lowest BCUT2D eigenvalue weighted by atomic mass is 10.1. The molecule has 0 aliphatic carbocycles. The summed E-state index contributed by atoms with van der Waals surface area (Å²) < 4.78 is 38.1. The molecule has 1 aromatic rings. The molecule has 0 radical (unpaired) electrons. The largest absolute Gasteiger partial charge is 0.429 e. The minimum Gasteiger partial charge on any atom is -0.280 e. The summed E-state index contributed by atoms with van der Waals surface area (Å²) in [7, 11) is 0. The van der Waals surface area contributed by atoms with Crippen molar-refractivity contribution in [1.82, 2.24) is 0 Å². The number of hydrogen-bond donors (Lipinski definition) is 0. The van der Waals surface area contributed by atoms with Crippen LogP contribution in [0.3, 0.4) is 0 Å². The Morgan fingerprint density at radius 3 is 2.35 bits per heavy atom. The van der Waals surface area contributed by atoms with Gasteiger partial charge in [0.05, 0.1) is 11.5 Å². The van der Waals surface area contributed by atoms with Crippen LogP contribution in [0.25, 0.3) is 0 Å². The number of benzene rings is 1. The molecule has 0 aliphatic rings. The van der Waals surface area contributed by atoms with Gasteiger partial charge in [0, 0.05) is 12.1 Å². The van der Waals surface area contributed by atoms with Crippen LogP contribution < -0.4 is 0 Å². The molecule has 0 amide bonds. The van der Waals surface area contributed by atoms with Crippen molar-refractivity contribution in [3.63, 3.8) is 0 Å². The highest BCUT2D eigenvalue weighted by Gasteiger charge is 2.34. The van der Waals surface area contributed by atoms with Crippen molar-refractivity contribution in [3.05, 3.63) is 39.9 Å². The molecule has 4 nitrogen and oxygen atoms in total. The molecule has 110 valence electrons. The van der Waals surface area contributed by atoms with Crippen LogP contribution in [-0.2, 0) is 6.54 Å². The van der Waals surface area contributed by atoms with Crippen molar-refractivity contribution < 1.29 is 18.1 Å². The van der Waals surface area contributed by atoms with E-state index in [2.05, 4.69) is 4.99 Å². The zero-order valence-electron chi connectivity index (χ0n) is 11.0. The maximum atomic E-state index is 12.7. The number of hydrogen-bond acceptors (Lipinski definition) is 3. The Balaban J connectivity index is 2.78. The van der Waals surface area contributed by atoms with Gasteiger partial charge in [0.1, 0.15) is 5.71 Å². The number of non-ortho nitro benzene ring substituents is 1. The Morgan fingerprint density at radius 1 is 1.30 bits per heavy atom. The Bertz CT molecular complexity index is 481. The summed E-state index contributed by atoms with van der Waals surface area (Å²) in [6.07, 6.45) is -3.44.